The number of hydrogen-bond donors (Lipinski definition) is 2. The van der Waals surface area contributed by atoms with Crippen LogP contribution in [0.5, 0.6) is 0 Å². The van der Waals surface area contributed by atoms with E-state index >= 15 is 0 Å². The van der Waals surface area contributed by atoms with Crippen LogP contribution < -0.4 is 0 Å². The van der Waals surface area contributed by atoms with Crippen LogP contribution in [0.3, 0.4) is 0 Å². The molecular formula is C18H27F6N3O4. The van der Waals surface area contributed by atoms with Crippen molar-refractivity contribution in [1.29, 1.82) is 5.26 Å². The minimum Gasteiger partial charge on any atom is -0.475 e. The molecule has 1 unspecified atom stereocenters. The number of nitriles is 1. The smallest absolute Gasteiger partial charge is 0.475 e. The van der Waals surface area contributed by atoms with Crippen molar-refractivity contribution in [3.63, 3.8) is 0 Å². The van der Waals surface area contributed by atoms with Gasteiger partial charge in [0.05, 0.1) is 12.0 Å². The molecule has 0 spiro atoms. The lowest BCUT2D eigenvalue weighted by Crippen LogP contribution is -2.48. The van der Waals surface area contributed by atoms with E-state index in [1.54, 1.807) is 0 Å². The summed E-state index contributed by atoms with van der Waals surface area (Å²) in [6.45, 7) is 8.27. The van der Waals surface area contributed by atoms with Crippen molar-refractivity contribution < 1.29 is 46.1 Å². The Balaban J connectivity index is 0.000000536. The summed E-state index contributed by atoms with van der Waals surface area (Å²) in [5, 5.41) is 23.3. The summed E-state index contributed by atoms with van der Waals surface area (Å²) in [5.41, 5.74) is 0. The van der Waals surface area contributed by atoms with E-state index in [0.717, 1.165) is 19.0 Å². The Morgan fingerprint density at radius 3 is 1.77 bits per heavy atom. The SMILES string of the molecule is CCCN1CCC(N2CCCC(C#N)C2)CC1.O=C(O)C(F)(F)F.O=C(O)C(F)(F)F. The first-order valence-electron chi connectivity index (χ1n) is 9.68. The molecule has 0 aromatic rings. The van der Waals surface area contributed by atoms with Gasteiger partial charge in [0, 0.05) is 12.6 Å². The van der Waals surface area contributed by atoms with E-state index in [-0.39, 0.29) is 5.92 Å². The van der Waals surface area contributed by atoms with Gasteiger partial charge in [-0.25, -0.2) is 9.59 Å². The predicted molar refractivity (Wildman–Crippen MR) is 97.0 cm³/mol. The third-order valence-electron chi connectivity index (χ3n) is 4.73. The molecule has 7 nitrogen and oxygen atoms in total. The maximum absolute atomic E-state index is 10.6. The molecule has 1 atom stereocenters. The molecule has 2 fully saturated rings. The molecule has 2 saturated heterocycles. The zero-order chi connectivity index (χ0) is 24.2. The molecule has 0 saturated carbocycles. The molecule has 0 amide bonds. The van der Waals surface area contributed by atoms with Crippen LogP contribution in [0.25, 0.3) is 0 Å². The van der Waals surface area contributed by atoms with Crippen LogP contribution >= 0.6 is 0 Å². The number of carboxylic acid groups (broad SMARTS) is 2. The van der Waals surface area contributed by atoms with Crippen LogP contribution in [0.15, 0.2) is 0 Å². The van der Waals surface area contributed by atoms with E-state index < -0.39 is 24.3 Å². The number of halogens is 6. The van der Waals surface area contributed by atoms with Gasteiger partial charge in [0.15, 0.2) is 0 Å². The van der Waals surface area contributed by atoms with Crippen LogP contribution in [0, 0.1) is 17.2 Å². The van der Waals surface area contributed by atoms with Gasteiger partial charge in [-0.1, -0.05) is 6.92 Å². The van der Waals surface area contributed by atoms with E-state index in [1.807, 2.05) is 0 Å². The Kier molecular flexibility index (Phi) is 12.5. The van der Waals surface area contributed by atoms with Gasteiger partial charge in [-0.15, -0.1) is 0 Å². The van der Waals surface area contributed by atoms with Crippen molar-refractivity contribution in [2.75, 3.05) is 32.7 Å². The number of aliphatic carboxylic acids is 2. The summed E-state index contributed by atoms with van der Waals surface area (Å²) in [6.07, 6.45) is -3.96. The van der Waals surface area contributed by atoms with Gasteiger partial charge in [-0.05, 0) is 58.3 Å². The fourth-order valence-electron chi connectivity index (χ4n) is 3.27. The summed E-state index contributed by atoms with van der Waals surface area (Å²) < 4.78 is 63.5. The Morgan fingerprint density at radius 1 is 0.968 bits per heavy atom. The highest BCUT2D eigenvalue weighted by molar-refractivity contribution is 5.73. The highest BCUT2D eigenvalue weighted by atomic mass is 19.4. The van der Waals surface area contributed by atoms with E-state index in [4.69, 9.17) is 25.1 Å². The van der Waals surface area contributed by atoms with Gasteiger partial charge in [0.2, 0.25) is 0 Å². The molecule has 2 N–H and O–H groups in total. The van der Waals surface area contributed by atoms with Gasteiger partial charge in [0.1, 0.15) is 0 Å². The second-order valence-corrected chi connectivity index (χ2v) is 7.14. The van der Waals surface area contributed by atoms with Crippen molar-refractivity contribution in [1.82, 2.24) is 9.80 Å². The highest BCUT2D eigenvalue weighted by Gasteiger charge is 2.38. The normalized spacial score (nSPS) is 21.0. The third-order valence-corrected chi connectivity index (χ3v) is 4.73. The molecule has 13 heteroatoms. The van der Waals surface area contributed by atoms with Crippen molar-refractivity contribution in [2.24, 2.45) is 5.92 Å². The highest BCUT2D eigenvalue weighted by Crippen LogP contribution is 2.23. The maximum Gasteiger partial charge on any atom is 0.490 e. The van der Waals surface area contributed by atoms with E-state index in [2.05, 4.69) is 22.8 Å². The van der Waals surface area contributed by atoms with E-state index in [1.165, 1.54) is 51.9 Å². The summed E-state index contributed by atoms with van der Waals surface area (Å²) >= 11 is 0. The van der Waals surface area contributed by atoms with Crippen molar-refractivity contribution in [3.8, 4) is 6.07 Å². The van der Waals surface area contributed by atoms with E-state index in [9.17, 15) is 26.3 Å². The molecule has 31 heavy (non-hydrogen) atoms. The van der Waals surface area contributed by atoms with Crippen molar-refractivity contribution in [2.45, 2.75) is 57.4 Å². The number of nitrogens with zero attached hydrogens (tertiary/aromatic N) is 3. The molecule has 180 valence electrons. The minimum atomic E-state index is -5.08. The molecular weight excluding hydrogens is 436 g/mol. The van der Waals surface area contributed by atoms with Crippen LogP contribution in [-0.4, -0.2) is 83.1 Å². The number of likely N-dealkylation sites (tertiary alicyclic amines) is 2. The Hall–Kier alpha value is -2.07. The first-order chi connectivity index (χ1) is 14.2. The summed E-state index contributed by atoms with van der Waals surface area (Å²) in [5.74, 6) is -5.22. The zero-order valence-electron chi connectivity index (χ0n) is 17.0. The Labute approximate surface area is 176 Å². The molecule has 0 bridgehead atoms. The number of carboxylic acids is 2. The molecule has 0 aromatic heterocycles. The van der Waals surface area contributed by atoms with E-state index in [0.29, 0.717) is 0 Å². The fraction of sp³-hybridized carbons (Fsp3) is 0.833. The van der Waals surface area contributed by atoms with Gasteiger partial charge in [-0.2, -0.15) is 31.6 Å². The van der Waals surface area contributed by atoms with Crippen molar-refractivity contribution in [3.05, 3.63) is 0 Å². The second kappa shape index (κ2) is 13.4. The average molecular weight is 463 g/mol. The number of hydrogen-bond acceptors (Lipinski definition) is 5. The molecule has 2 aliphatic rings. The van der Waals surface area contributed by atoms with Crippen LogP contribution in [-0.2, 0) is 9.59 Å². The lowest BCUT2D eigenvalue weighted by molar-refractivity contribution is -0.193. The second-order valence-electron chi connectivity index (χ2n) is 7.14. The number of rotatable bonds is 3. The lowest BCUT2D eigenvalue weighted by Gasteiger charge is -2.41. The minimum absolute atomic E-state index is 0.289. The van der Waals surface area contributed by atoms with Crippen LogP contribution in [0.1, 0.15) is 39.0 Å². The van der Waals surface area contributed by atoms with Crippen LogP contribution in [0.2, 0.25) is 0 Å². The van der Waals surface area contributed by atoms with Gasteiger partial charge < -0.3 is 15.1 Å². The summed E-state index contributed by atoms with van der Waals surface area (Å²) in [6, 6.07) is 3.20. The third kappa shape index (κ3) is 12.4. The first-order valence-corrected chi connectivity index (χ1v) is 9.68. The quantitative estimate of drug-likeness (QED) is 0.619. The standard InChI is InChI=1S/C14H25N3.2C2HF3O2/c1-2-7-16-9-5-14(6-10-16)17-8-3-4-13(11-15)12-17;2*3-2(4,5)1(6)7/h13-14H,2-10,12H2,1H3;2*(H,6,7). The Morgan fingerprint density at radius 2 is 1.42 bits per heavy atom. The lowest BCUT2D eigenvalue weighted by atomic mass is 9.95. The zero-order valence-corrected chi connectivity index (χ0v) is 17.0. The summed E-state index contributed by atoms with van der Waals surface area (Å²) in [4.78, 5) is 23.0. The fourth-order valence-corrected chi connectivity index (χ4v) is 3.27. The first kappa shape index (κ1) is 28.9. The summed E-state index contributed by atoms with van der Waals surface area (Å²) in [7, 11) is 0. The van der Waals surface area contributed by atoms with Gasteiger partial charge >= 0.3 is 24.3 Å². The molecule has 0 aliphatic carbocycles. The number of carbonyl (C=O) groups is 2. The molecule has 0 radical (unpaired) electrons. The van der Waals surface area contributed by atoms with Gasteiger partial charge in [0.25, 0.3) is 0 Å². The maximum atomic E-state index is 10.6. The van der Waals surface area contributed by atoms with Gasteiger partial charge in [-0.3, -0.25) is 4.90 Å². The monoisotopic (exact) mass is 463 g/mol. The predicted octanol–water partition coefficient (Wildman–Crippen LogP) is 3.36. The molecule has 0 aromatic carbocycles. The average Bonchev–Trinajstić information content (AvgIpc) is 2.68. The number of piperidine rings is 2. The molecule has 2 rings (SSSR count). The number of alkyl halides is 6. The topological polar surface area (TPSA) is 105 Å². The molecule has 2 heterocycles. The largest absolute Gasteiger partial charge is 0.490 e. The van der Waals surface area contributed by atoms with Crippen molar-refractivity contribution >= 4 is 11.9 Å². The van der Waals surface area contributed by atoms with Crippen LogP contribution in [0.4, 0.5) is 26.3 Å². The molecule has 2 aliphatic heterocycles. The Bertz CT molecular complexity index is 575.